The quantitative estimate of drug-likeness (QED) is 0.866. The van der Waals surface area contributed by atoms with E-state index < -0.39 is 0 Å². The predicted octanol–water partition coefficient (Wildman–Crippen LogP) is 2.70. The zero-order chi connectivity index (χ0) is 11.7. The van der Waals surface area contributed by atoms with Gasteiger partial charge in [-0.15, -0.1) is 0 Å². The molecule has 0 aliphatic carbocycles. The molecule has 5 heteroatoms. The number of aliphatic hydroxyl groups is 1. The van der Waals surface area contributed by atoms with E-state index in [-0.39, 0.29) is 12.0 Å². The second-order valence-electron chi connectivity index (χ2n) is 4.24. The Labute approximate surface area is 109 Å². The first-order valence-corrected chi connectivity index (χ1v) is 6.49. The fourth-order valence-electron chi connectivity index (χ4n) is 1.97. The molecule has 3 nitrogen and oxygen atoms in total. The van der Waals surface area contributed by atoms with Gasteiger partial charge in [-0.3, -0.25) is 0 Å². The number of aromatic nitrogens is 1. The number of piperidine rings is 1. The maximum atomic E-state index is 9.68. The molecule has 0 spiro atoms. The highest BCUT2D eigenvalue weighted by atomic mass is 79.9. The first-order valence-electron chi connectivity index (χ1n) is 5.32. The monoisotopic (exact) mass is 304 g/mol. The van der Waals surface area contributed by atoms with Gasteiger partial charge in [-0.2, -0.15) is 0 Å². The second kappa shape index (κ2) is 4.90. The molecule has 1 aliphatic rings. The van der Waals surface area contributed by atoms with Crippen LogP contribution in [-0.4, -0.2) is 29.3 Å². The summed E-state index contributed by atoms with van der Waals surface area (Å²) in [6.07, 6.45) is 2.25. The van der Waals surface area contributed by atoms with E-state index in [0.717, 1.165) is 29.8 Å². The van der Waals surface area contributed by atoms with Crippen LogP contribution in [0.2, 0.25) is 5.02 Å². The highest BCUT2D eigenvalue weighted by Gasteiger charge is 2.25. The van der Waals surface area contributed by atoms with Crippen molar-refractivity contribution in [1.82, 2.24) is 4.98 Å². The molecule has 88 valence electrons. The largest absolute Gasteiger partial charge is 0.393 e. The fraction of sp³-hybridized carbons (Fsp3) is 0.545. The molecular formula is C11H14BrClN2O. The number of pyridine rings is 1. The summed E-state index contributed by atoms with van der Waals surface area (Å²) in [5, 5.41) is 10.3. The predicted molar refractivity (Wildman–Crippen MR) is 68.9 cm³/mol. The highest BCUT2D eigenvalue weighted by Crippen LogP contribution is 2.29. The van der Waals surface area contributed by atoms with Gasteiger partial charge in [-0.25, -0.2) is 4.98 Å². The molecule has 1 aromatic rings. The Kier molecular flexibility index (Phi) is 3.72. The van der Waals surface area contributed by atoms with Crippen molar-refractivity contribution < 1.29 is 5.11 Å². The Morgan fingerprint density at radius 1 is 1.62 bits per heavy atom. The van der Waals surface area contributed by atoms with Crippen LogP contribution in [-0.2, 0) is 0 Å². The molecule has 0 saturated carbocycles. The lowest BCUT2D eigenvalue weighted by molar-refractivity contribution is 0.0968. The lowest BCUT2D eigenvalue weighted by Gasteiger charge is -2.35. The van der Waals surface area contributed by atoms with E-state index in [2.05, 4.69) is 32.7 Å². The van der Waals surface area contributed by atoms with Crippen LogP contribution in [0.15, 0.2) is 16.7 Å². The van der Waals surface area contributed by atoms with Crippen molar-refractivity contribution in [2.45, 2.75) is 19.4 Å². The molecule has 2 atom stereocenters. The molecule has 1 saturated heterocycles. The topological polar surface area (TPSA) is 36.4 Å². The summed E-state index contributed by atoms with van der Waals surface area (Å²) in [5.74, 6) is 1.18. The summed E-state index contributed by atoms with van der Waals surface area (Å²) in [6.45, 7) is 3.72. The number of anilines is 1. The van der Waals surface area contributed by atoms with Gasteiger partial charge in [0.1, 0.15) is 5.82 Å². The van der Waals surface area contributed by atoms with Gasteiger partial charge in [0.05, 0.1) is 15.6 Å². The molecule has 0 radical (unpaired) electrons. The maximum Gasteiger partial charge on any atom is 0.142 e. The van der Waals surface area contributed by atoms with Crippen LogP contribution in [0.3, 0.4) is 0 Å². The van der Waals surface area contributed by atoms with Crippen LogP contribution in [0.25, 0.3) is 0 Å². The van der Waals surface area contributed by atoms with E-state index >= 15 is 0 Å². The van der Waals surface area contributed by atoms with Gasteiger partial charge in [0.2, 0.25) is 0 Å². The summed E-state index contributed by atoms with van der Waals surface area (Å²) >= 11 is 9.32. The molecule has 1 aliphatic heterocycles. The molecule has 1 fully saturated rings. The Hall–Kier alpha value is -0.320. The Balaban J connectivity index is 2.18. The molecule has 0 aromatic carbocycles. The standard InChI is InChI=1S/C11H14BrClN2O/c1-7-6-15(3-2-10(7)16)11-9(12)4-8(13)5-14-11/h4-5,7,10,16H,2-3,6H2,1H3. The number of hydrogen-bond donors (Lipinski definition) is 1. The molecule has 0 amide bonds. The van der Waals surface area contributed by atoms with Gasteiger partial charge >= 0.3 is 0 Å². The number of aliphatic hydroxyl groups excluding tert-OH is 1. The normalized spacial score (nSPS) is 25.9. The third-order valence-electron chi connectivity index (χ3n) is 2.95. The minimum atomic E-state index is -0.192. The smallest absolute Gasteiger partial charge is 0.142 e. The van der Waals surface area contributed by atoms with Crippen molar-refractivity contribution in [2.75, 3.05) is 18.0 Å². The summed E-state index contributed by atoms with van der Waals surface area (Å²) in [7, 11) is 0. The zero-order valence-corrected chi connectivity index (χ0v) is 11.4. The zero-order valence-electron chi connectivity index (χ0n) is 9.03. The number of nitrogens with zero attached hydrogens (tertiary/aromatic N) is 2. The van der Waals surface area contributed by atoms with Crippen LogP contribution in [0.4, 0.5) is 5.82 Å². The third kappa shape index (κ3) is 2.50. The molecule has 2 unspecified atom stereocenters. The van der Waals surface area contributed by atoms with Crippen LogP contribution in [0.5, 0.6) is 0 Å². The lowest BCUT2D eigenvalue weighted by Crippen LogP contribution is -2.42. The molecule has 16 heavy (non-hydrogen) atoms. The van der Waals surface area contributed by atoms with Gasteiger partial charge in [0.15, 0.2) is 0 Å². The average molecular weight is 306 g/mol. The van der Waals surface area contributed by atoms with Crippen molar-refractivity contribution in [3.8, 4) is 0 Å². The molecule has 1 N–H and O–H groups in total. The Morgan fingerprint density at radius 2 is 2.38 bits per heavy atom. The number of halogens is 2. The molecule has 2 heterocycles. The van der Waals surface area contributed by atoms with Gasteiger partial charge in [-0.1, -0.05) is 18.5 Å². The van der Waals surface area contributed by atoms with Gasteiger partial charge in [-0.05, 0) is 34.3 Å². The molecule has 0 bridgehead atoms. The molecule has 1 aromatic heterocycles. The fourth-order valence-corrected chi connectivity index (χ4v) is 2.86. The van der Waals surface area contributed by atoms with E-state index in [4.69, 9.17) is 11.6 Å². The van der Waals surface area contributed by atoms with Gasteiger partial charge in [0.25, 0.3) is 0 Å². The number of hydrogen-bond acceptors (Lipinski definition) is 3. The average Bonchev–Trinajstić information content (AvgIpc) is 2.22. The van der Waals surface area contributed by atoms with E-state index in [1.54, 1.807) is 6.20 Å². The highest BCUT2D eigenvalue weighted by molar-refractivity contribution is 9.10. The number of rotatable bonds is 1. The SMILES string of the molecule is CC1CN(c2ncc(Cl)cc2Br)CCC1O. The van der Waals surface area contributed by atoms with E-state index in [0.29, 0.717) is 5.02 Å². The van der Waals surface area contributed by atoms with E-state index in [1.807, 2.05) is 6.07 Å². The Morgan fingerprint density at radius 3 is 3.00 bits per heavy atom. The molecule has 2 rings (SSSR count). The lowest BCUT2D eigenvalue weighted by atomic mass is 9.97. The second-order valence-corrected chi connectivity index (χ2v) is 5.53. The van der Waals surface area contributed by atoms with Crippen LogP contribution < -0.4 is 4.90 Å². The van der Waals surface area contributed by atoms with Crippen molar-refractivity contribution >= 4 is 33.3 Å². The van der Waals surface area contributed by atoms with Gasteiger partial charge in [0, 0.05) is 19.3 Å². The first-order chi connectivity index (χ1) is 7.58. The Bertz CT molecular complexity index is 388. The van der Waals surface area contributed by atoms with Crippen molar-refractivity contribution in [3.05, 3.63) is 21.8 Å². The van der Waals surface area contributed by atoms with Crippen molar-refractivity contribution in [2.24, 2.45) is 5.92 Å². The minimum Gasteiger partial charge on any atom is -0.393 e. The minimum absolute atomic E-state index is 0.192. The van der Waals surface area contributed by atoms with Crippen LogP contribution in [0.1, 0.15) is 13.3 Å². The van der Waals surface area contributed by atoms with Gasteiger partial charge < -0.3 is 10.0 Å². The van der Waals surface area contributed by atoms with E-state index in [9.17, 15) is 5.11 Å². The van der Waals surface area contributed by atoms with Crippen LogP contribution in [0, 0.1) is 5.92 Å². The van der Waals surface area contributed by atoms with Crippen molar-refractivity contribution in [3.63, 3.8) is 0 Å². The summed E-state index contributed by atoms with van der Waals surface area (Å²) < 4.78 is 0.906. The van der Waals surface area contributed by atoms with E-state index in [1.165, 1.54) is 0 Å². The first kappa shape index (κ1) is 12.1. The molecular weight excluding hydrogens is 291 g/mol. The summed E-state index contributed by atoms with van der Waals surface area (Å²) in [5.41, 5.74) is 0. The summed E-state index contributed by atoms with van der Waals surface area (Å²) in [6, 6.07) is 1.85. The van der Waals surface area contributed by atoms with Crippen LogP contribution >= 0.6 is 27.5 Å². The summed E-state index contributed by atoms with van der Waals surface area (Å²) in [4.78, 5) is 6.50. The van der Waals surface area contributed by atoms with Crippen molar-refractivity contribution in [1.29, 1.82) is 0 Å². The maximum absolute atomic E-state index is 9.68. The third-order valence-corrected chi connectivity index (χ3v) is 3.74.